The van der Waals surface area contributed by atoms with Crippen molar-refractivity contribution < 1.29 is 4.42 Å². The van der Waals surface area contributed by atoms with Crippen LogP contribution in [0.1, 0.15) is 5.69 Å². The van der Waals surface area contributed by atoms with Gasteiger partial charge in [-0.05, 0) is 0 Å². The van der Waals surface area contributed by atoms with Crippen molar-refractivity contribution in [3.05, 3.63) is 24.4 Å². The number of rotatable bonds is 1. The van der Waals surface area contributed by atoms with Crippen LogP contribution in [0.5, 0.6) is 0 Å². The molecule has 0 aliphatic heterocycles. The Labute approximate surface area is 63.1 Å². The lowest BCUT2D eigenvalue weighted by Crippen LogP contribution is -1.99. The SMILES string of the molecule is NCc1nccc2ocnc12. The maximum atomic E-state index is 5.43. The second-order valence-corrected chi connectivity index (χ2v) is 2.16. The van der Waals surface area contributed by atoms with Gasteiger partial charge in [0, 0.05) is 18.8 Å². The molecule has 0 aliphatic rings. The molecule has 0 saturated heterocycles. The van der Waals surface area contributed by atoms with E-state index in [4.69, 9.17) is 10.2 Å². The molecule has 56 valence electrons. The molecule has 0 aliphatic carbocycles. The van der Waals surface area contributed by atoms with Crippen molar-refractivity contribution in [2.45, 2.75) is 6.54 Å². The van der Waals surface area contributed by atoms with Gasteiger partial charge in [-0.3, -0.25) is 4.98 Å². The minimum Gasteiger partial charge on any atom is -0.443 e. The van der Waals surface area contributed by atoms with Crippen LogP contribution >= 0.6 is 0 Å². The summed E-state index contributed by atoms with van der Waals surface area (Å²) >= 11 is 0. The molecular formula is C7H7N3O. The third-order valence-electron chi connectivity index (χ3n) is 1.52. The van der Waals surface area contributed by atoms with Gasteiger partial charge in [0.05, 0.1) is 5.69 Å². The van der Waals surface area contributed by atoms with Crippen LogP contribution in [0, 0.1) is 0 Å². The van der Waals surface area contributed by atoms with E-state index >= 15 is 0 Å². The van der Waals surface area contributed by atoms with Crippen LogP contribution in [0.15, 0.2) is 23.1 Å². The summed E-state index contributed by atoms with van der Waals surface area (Å²) in [5, 5.41) is 0. The Kier molecular flexibility index (Phi) is 1.33. The molecule has 0 unspecified atom stereocenters. The quantitative estimate of drug-likeness (QED) is 0.647. The Morgan fingerprint density at radius 2 is 2.36 bits per heavy atom. The molecule has 2 rings (SSSR count). The molecule has 0 radical (unpaired) electrons. The lowest BCUT2D eigenvalue weighted by Gasteiger charge is -1.93. The van der Waals surface area contributed by atoms with E-state index in [-0.39, 0.29) is 0 Å². The van der Waals surface area contributed by atoms with Gasteiger partial charge in [0.2, 0.25) is 0 Å². The summed E-state index contributed by atoms with van der Waals surface area (Å²) in [6, 6.07) is 1.77. The summed E-state index contributed by atoms with van der Waals surface area (Å²) in [5.74, 6) is 0. The predicted octanol–water partition coefficient (Wildman–Crippen LogP) is 0.681. The first kappa shape index (κ1) is 6.30. The van der Waals surface area contributed by atoms with Gasteiger partial charge in [-0.25, -0.2) is 4.98 Å². The highest BCUT2D eigenvalue weighted by Crippen LogP contribution is 2.13. The van der Waals surface area contributed by atoms with Crippen molar-refractivity contribution in [1.29, 1.82) is 0 Å². The number of hydrogen-bond acceptors (Lipinski definition) is 4. The molecule has 2 N–H and O–H groups in total. The monoisotopic (exact) mass is 149 g/mol. The number of nitrogens with two attached hydrogens (primary N) is 1. The minimum absolute atomic E-state index is 0.393. The van der Waals surface area contributed by atoms with Gasteiger partial charge in [-0.15, -0.1) is 0 Å². The van der Waals surface area contributed by atoms with Crippen LogP contribution in [0.3, 0.4) is 0 Å². The lowest BCUT2D eigenvalue weighted by atomic mass is 10.3. The van der Waals surface area contributed by atoms with Gasteiger partial charge in [-0.1, -0.05) is 0 Å². The average molecular weight is 149 g/mol. The molecule has 0 fully saturated rings. The van der Waals surface area contributed by atoms with Gasteiger partial charge in [0.25, 0.3) is 0 Å². The maximum Gasteiger partial charge on any atom is 0.182 e. The Hall–Kier alpha value is -1.42. The van der Waals surface area contributed by atoms with Crippen LogP contribution in [0.25, 0.3) is 11.1 Å². The van der Waals surface area contributed by atoms with Gasteiger partial charge >= 0.3 is 0 Å². The number of oxazole rings is 1. The zero-order valence-electron chi connectivity index (χ0n) is 5.82. The van der Waals surface area contributed by atoms with E-state index in [1.807, 2.05) is 0 Å². The highest BCUT2D eigenvalue weighted by atomic mass is 16.3. The number of aromatic nitrogens is 2. The average Bonchev–Trinajstić information content (AvgIpc) is 2.50. The Morgan fingerprint density at radius 3 is 3.18 bits per heavy atom. The molecule has 11 heavy (non-hydrogen) atoms. The molecule has 0 bridgehead atoms. The minimum atomic E-state index is 0.393. The molecule has 2 heterocycles. The predicted molar refractivity (Wildman–Crippen MR) is 39.7 cm³/mol. The fourth-order valence-electron chi connectivity index (χ4n) is 0.996. The van der Waals surface area contributed by atoms with Crippen molar-refractivity contribution in [1.82, 2.24) is 9.97 Å². The van der Waals surface area contributed by atoms with E-state index in [1.165, 1.54) is 6.39 Å². The van der Waals surface area contributed by atoms with Crippen LogP contribution in [-0.4, -0.2) is 9.97 Å². The van der Waals surface area contributed by atoms with Crippen molar-refractivity contribution >= 4 is 11.1 Å². The largest absolute Gasteiger partial charge is 0.443 e. The van der Waals surface area contributed by atoms with E-state index in [2.05, 4.69) is 9.97 Å². The fourth-order valence-corrected chi connectivity index (χ4v) is 0.996. The number of nitrogens with zero attached hydrogens (tertiary/aromatic N) is 2. The summed E-state index contributed by atoms with van der Waals surface area (Å²) in [5.41, 5.74) is 7.70. The van der Waals surface area contributed by atoms with Crippen LogP contribution < -0.4 is 5.73 Å². The summed E-state index contributed by atoms with van der Waals surface area (Å²) in [7, 11) is 0. The first-order valence-corrected chi connectivity index (χ1v) is 3.29. The molecule has 0 aromatic carbocycles. The van der Waals surface area contributed by atoms with Crippen molar-refractivity contribution in [2.75, 3.05) is 0 Å². The van der Waals surface area contributed by atoms with E-state index in [0.29, 0.717) is 6.54 Å². The van der Waals surface area contributed by atoms with Crippen molar-refractivity contribution in [2.24, 2.45) is 5.73 Å². The standard InChI is InChI=1S/C7H7N3O/c8-3-5-7-6(1-2-9-5)11-4-10-7/h1-2,4H,3,8H2. The summed E-state index contributed by atoms with van der Waals surface area (Å²) in [6.45, 7) is 0.393. The van der Waals surface area contributed by atoms with E-state index in [9.17, 15) is 0 Å². The third kappa shape index (κ3) is 0.877. The van der Waals surface area contributed by atoms with Crippen LogP contribution in [0.4, 0.5) is 0 Å². The molecule has 0 spiro atoms. The number of pyridine rings is 1. The first-order valence-electron chi connectivity index (χ1n) is 3.29. The van der Waals surface area contributed by atoms with E-state index < -0.39 is 0 Å². The molecule has 0 saturated carbocycles. The molecule has 2 aromatic rings. The zero-order valence-corrected chi connectivity index (χ0v) is 5.82. The highest BCUT2D eigenvalue weighted by Gasteiger charge is 2.02. The smallest absolute Gasteiger partial charge is 0.182 e. The lowest BCUT2D eigenvalue weighted by molar-refractivity contribution is 0.602. The Balaban J connectivity index is 2.79. The topological polar surface area (TPSA) is 64.9 Å². The van der Waals surface area contributed by atoms with E-state index in [0.717, 1.165) is 16.8 Å². The number of fused-ring (bicyclic) bond motifs is 1. The Bertz CT molecular complexity index is 368. The summed E-state index contributed by atoms with van der Waals surface area (Å²) < 4.78 is 5.05. The van der Waals surface area contributed by atoms with Crippen molar-refractivity contribution in [3.8, 4) is 0 Å². The molecule has 0 atom stereocenters. The summed E-state index contributed by atoms with van der Waals surface area (Å²) in [6.07, 6.45) is 3.06. The third-order valence-corrected chi connectivity index (χ3v) is 1.52. The second kappa shape index (κ2) is 2.32. The van der Waals surface area contributed by atoms with Gasteiger partial charge < -0.3 is 10.2 Å². The second-order valence-electron chi connectivity index (χ2n) is 2.16. The molecule has 2 aromatic heterocycles. The van der Waals surface area contributed by atoms with Crippen molar-refractivity contribution in [3.63, 3.8) is 0 Å². The normalized spacial score (nSPS) is 10.6. The van der Waals surface area contributed by atoms with Gasteiger partial charge in [0.1, 0.15) is 5.52 Å². The molecule has 0 amide bonds. The zero-order chi connectivity index (χ0) is 7.68. The molecule has 4 nitrogen and oxygen atoms in total. The number of hydrogen-bond donors (Lipinski definition) is 1. The first-order chi connectivity index (χ1) is 5.42. The van der Waals surface area contributed by atoms with Crippen LogP contribution in [0.2, 0.25) is 0 Å². The van der Waals surface area contributed by atoms with E-state index in [1.54, 1.807) is 12.3 Å². The molecule has 4 heteroatoms. The maximum absolute atomic E-state index is 5.43. The molecular weight excluding hydrogens is 142 g/mol. The summed E-state index contributed by atoms with van der Waals surface area (Å²) in [4.78, 5) is 8.03. The fraction of sp³-hybridized carbons (Fsp3) is 0.143. The highest BCUT2D eigenvalue weighted by molar-refractivity contribution is 5.73. The van der Waals surface area contributed by atoms with Gasteiger partial charge in [-0.2, -0.15) is 0 Å². The van der Waals surface area contributed by atoms with Crippen LogP contribution in [-0.2, 0) is 6.54 Å². The van der Waals surface area contributed by atoms with Gasteiger partial charge in [0.15, 0.2) is 12.0 Å². The Morgan fingerprint density at radius 1 is 1.45 bits per heavy atom.